The van der Waals surface area contributed by atoms with Crippen molar-refractivity contribution < 1.29 is 18.3 Å². The van der Waals surface area contributed by atoms with Gasteiger partial charge in [0.25, 0.3) is 0 Å². The minimum Gasteiger partial charge on any atom is -0.392 e. The molecule has 6 heteroatoms. The molecule has 1 aromatic rings. The van der Waals surface area contributed by atoms with E-state index in [1.165, 1.54) is 0 Å². The lowest BCUT2D eigenvalue weighted by atomic mass is 9.90. The lowest BCUT2D eigenvalue weighted by molar-refractivity contribution is 0.0236. The van der Waals surface area contributed by atoms with Gasteiger partial charge in [0.05, 0.1) is 17.6 Å². The SMILES string of the molecule is COC1CC(NS(=O)(=O)c2cc(CO)c(C)cc2C)C1. The number of aryl methyl sites for hydroxylation is 2. The highest BCUT2D eigenvalue weighted by Gasteiger charge is 2.33. The molecule has 0 heterocycles. The minimum atomic E-state index is -3.55. The predicted molar refractivity (Wildman–Crippen MR) is 76.0 cm³/mol. The molecule has 2 rings (SSSR count). The Morgan fingerprint density at radius 3 is 2.50 bits per heavy atom. The average molecular weight is 299 g/mol. The third-order valence-corrected chi connectivity index (χ3v) is 5.51. The largest absolute Gasteiger partial charge is 0.392 e. The van der Waals surface area contributed by atoms with Crippen LogP contribution in [-0.4, -0.2) is 32.8 Å². The molecule has 0 atom stereocenters. The van der Waals surface area contributed by atoms with Crippen molar-refractivity contribution in [3.8, 4) is 0 Å². The van der Waals surface area contributed by atoms with E-state index in [9.17, 15) is 13.5 Å². The summed E-state index contributed by atoms with van der Waals surface area (Å²) >= 11 is 0. The van der Waals surface area contributed by atoms with Crippen molar-refractivity contribution in [1.29, 1.82) is 0 Å². The van der Waals surface area contributed by atoms with Crippen molar-refractivity contribution in [2.45, 2.75) is 50.3 Å². The second-order valence-electron chi connectivity index (χ2n) is 5.35. The Morgan fingerprint density at radius 2 is 1.95 bits per heavy atom. The second-order valence-corrected chi connectivity index (χ2v) is 7.03. The van der Waals surface area contributed by atoms with Gasteiger partial charge < -0.3 is 9.84 Å². The molecule has 1 aromatic carbocycles. The van der Waals surface area contributed by atoms with Gasteiger partial charge in [-0.2, -0.15) is 0 Å². The van der Waals surface area contributed by atoms with Crippen LogP contribution in [-0.2, 0) is 21.4 Å². The maximum absolute atomic E-state index is 12.4. The Hall–Kier alpha value is -0.950. The number of aliphatic hydroxyl groups excluding tert-OH is 1. The summed E-state index contributed by atoms with van der Waals surface area (Å²) in [6, 6.07) is 3.28. The summed E-state index contributed by atoms with van der Waals surface area (Å²) in [4.78, 5) is 0.244. The summed E-state index contributed by atoms with van der Waals surface area (Å²) in [6.07, 6.45) is 1.55. The monoisotopic (exact) mass is 299 g/mol. The zero-order valence-corrected chi connectivity index (χ0v) is 12.8. The van der Waals surface area contributed by atoms with Gasteiger partial charge in [0.15, 0.2) is 0 Å². The molecule has 0 saturated heterocycles. The molecule has 112 valence electrons. The highest BCUT2D eigenvalue weighted by molar-refractivity contribution is 7.89. The lowest BCUT2D eigenvalue weighted by Crippen LogP contribution is -2.47. The molecule has 2 N–H and O–H groups in total. The Morgan fingerprint density at radius 1 is 1.30 bits per heavy atom. The first-order chi connectivity index (χ1) is 9.37. The van der Waals surface area contributed by atoms with Gasteiger partial charge in [-0.25, -0.2) is 13.1 Å². The molecule has 0 unspecified atom stereocenters. The van der Waals surface area contributed by atoms with Gasteiger partial charge in [-0.3, -0.25) is 0 Å². The number of sulfonamides is 1. The molecule has 1 aliphatic carbocycles. The quantitative estimate of drug-likeness (QED) is 0.858. The molecular formula is C14H21NO4S. The molecule has 0 bridgehead atoms. The topological polar surface area (TPSA) is 75.6 Å². The number of nitrogens with one attached hydrogen (secondary N) is 1. The van der Waals surface area contributed by atoms with Gasteiger partial charge in [-0.1, -0.05) is 6.07 Å². The molecule has 1 saturated carbocycles. The molecule has 0 aromatic heterocycles. The standard InChI is InChI=1S/C14H21NO4S/c1-9-4-10(2)14(5-11(9)8-16)20(17,18)15-12-6-13(7-12)19-3/h4-5,12-13,15-16H,6-8H2,1-3H3. The Bertz CT molecular complexity index is 591. The van der Waals surface area contributed by atoms with Crippen molar-refractivity contribution >= 4 is 10.0 Å². The summed E-state index contributed by atoms with van der Waals surface area (Å²) in [5.41, 5.74) is 2.22. The van der Waals surface area contributed by atoms with Crippen molar-refractivity contribution in [1.82, 2.24) is 4.72 Å². The number of rotatable bonds is 5. The van der Waals surface area contributed by atoms with E-state index in [0.29, 0.717) is 24.0 Å². The van der Waals surface area contributed by atoms with E-state index in [4.69, 9.17) is 4.74 Å². The molecule has 0 radical (unpaired) electrons. The molecule has 1 fully saturated rings. The van der Waals surface area contributed by atoms with Crippen molar-refractivity contribution in [3.05, 3.63) is 28.8 Å². The maximum atomic E-state index is 12.4. The van der Waals surface area contributed by atoms with Crippen LogP contribution in [0.2, 0.25) is 0 Å². The fourth-order valence-electron chi connectivity index (χ4n) is 2.47. The smallest absolute Gasteiger partial charge is 0.241 e. The fraction of sp³-hybridized carbons (Fsp3) is 0.571. The predicted octanol–water partition coefficient (Wildman–Crippen LogP) is 1.25. The summed E-state index contributed by atoms with van der Waals surface area (Å²) in [5, 5.41) is 9.27. The summed E-state index contributed by atoms with van der Waals surface area (Å²) in [5.74, 6) is 0. The molecule has 20 heavy (non-hydrogen) atoms. The Labute approximate surface area is 120 Å². The van der Waals surface area contributed by atoms with Crippen LogP contribution in [0.3, 0.4) is 0 Å². The Balaban J connectivity index is 2.21. The third-order valence-electron chi connectivity index (χ3n) is 3.84. The van der Waals surface area contributed by atoms with E-state index in [1.807, 2.05) is 6.92 Å². The number of ether oxygens (including phenoxy) is 1. The van der Waals surface area contributed by atoms with Crippen LogP contribution in [0.15, 0.2) is 17.0 Å². The summed E-state index contributed by atoms with van der Waals surface area (Å²) in [7, 11) is -1.92. The van der Waals surface area contributed by atoms with Gasteiger partial charge in [0, 0.05) is 13.2 Å². The fourth-order valence-corrected chi connectivity index (χ4v) is 4.01. The number of hydrogen-bond donors (Lipinski definition) is 2. The van der Waals surface area contributed by atoms with Crippen LogP contribution in [0.4, 0.5) is 0 Å². The summed E-state index contributed by atoms with van der Waals surface area (Å²) < 4.78 is 32.6. The van der Waals surface area contributed by atoms with E-state index in [2.05, 4.69) is 4.72 Å². The van der Waals surface area contributed by atoms with Crippen molar-refractivity contribution in [3.63, 3.8) is 0 Å². The van der Waals surface area contributed by atoms with Gasteiger partial charge in [-0.15, -0.1) is 0 Å². The zero-order valence-electron chi connectivity index (χ0n) is 12.0. The molecular weight excluding hydrogens is 278 g/mol. The van der Waals surface area contributed by atoms with E-state index in [1.54, 1.807) is 26.2 Å². The summed E-state index contributed by atoms with van der Waals surface area (Å²) in [6.45, 7) is 3.46. The molecule has 0 amide bonds. The highest BCUT2D eigenvalue weighted by Crippen LogP contribution is 2.26. The van der Waals surface area contributed by atoms with Crippen molar-refractivity contribution in [2.24, 2.45) is 0 Å². The number of benzene rings is 1. The van der Waals surface area contributed by atoms with Gasteiger partial charge in [-0.05, 0) is 49.4 Å². The molecule has 5 nitrogen and oxygen atoms in total. The zero-order chi connectivity index (χ0) is 14.9. The second kappa shape index (κ2) is 5.81. The molecule has 0 aliphatic heterocycles. The van der Waals surface area contributed by atoms with Crippen LogP contribution in [0, 0.1) is 13.8 Å². The normalized spacial score (nSPS) is 22.6. The number of hydrogen-bond acceptors (Lipinski definition) is 4. The first kappa shape index (κ1) is 15.4. The highest BCUT2D eigenvalue weighted by atomic mass is 32.2. The van der Waals surface area contributed by atoms with E-state index >= 15 is 0 Å². The van der Waals surface area contributed by atoms with Crippen LogP contribution in [0.5, 0.6) is 0 Å². The van der Waals surface area contributed by atoms with E-state index in [0.717, 1.165) is 5.56 Å². The van der Waals surface area contributed by atoms with E-state index in [-0.39, 0.29) is 23.6 Å². The van der Waals surface area contributed by atoms with Crippen LogP contribution < -0.4 is 4.72 Å². The number of aliphatic hydroxyl groups is 1. The first-order valence-corrected chi connectivity index (χ1v) is 8.11. The first-order valence-electron chi connectivity index (χ1n) is 6.63. The van der Waals surface area contributed by atoms with Gasteiger partial charge in [0.1, 0.15) is 0 Å². The molecule has 0 spiro atoms. The van der Waals surface area contributed by atoms with Gasteiger partial charge in [0.2, 0.25) is 10.0 Å². The van der Waals surface area contributed by atoms with Crippen molar-refractivity contribution in [2.75, 3.05) is 7.11 Å². The number of methoxy groups -OCH3 is 1. The maximum Gasteiger partial charge on any atom is 0.241 e. The van der Waals surface area contributed by atoms with Gasteiger partial charge >= 0.3 is 0 Å². The van der Waals surface area contributed by atoms with E-state index < -0.39 is 10.0 Å². The average Bonchev–Trinajstić information content (AvgIpc) is 2.33. The van der Waals surface area contributed by atoms with Crippen LogP contribution in [0.25, 0.3) is 0 Å². The van der Waals surface area contributed by atoms with Crippen LogP contribution >= 0.6 is 0 Å². The Kier molecular flexibility index (Phi) is 4.49. The third kappa shape index (κ3) is 3.03. The molecule has 1 aliphatic rings. The lowest BCUT2D eigenvalue weighted by Gasteiger charge is -2.34. The minimum absolute atomic E-state index is 0.0665. The van der Waals surface area contributed by atoms with Crippen LogP contribution in [0.1, 0.15) is 29.5 Å².